The van der Waals surface area contributed by atoms with E-state index in [1.807, 2.05) is 4.90 Å². The molecule has 0 spiro atoms. The van der Waals surface area contributed by atoms with Crippen molar-refractivity contribution >= 4 is 28.9 Å². The summed E-state index contributed by atoms with van der Waals surface area (Å²) in [6, 6.07) is 4.66. The smallest absolute Gasteiger partial charge is 0.288 e. The summed E-state index contributed by atoms with van der Waals surface area (Å²) in [5.41, 5.74) is 0.453. The van der Waals surface area contributed by atoms with Gasteiger partial charge in [0.2, 0.25) is 5.91 Å². The summed E-state index contributed by atoms with van der Waals surface area (Å²) < 4.78 is 0. The van der Waals surface area contributed by atoms with Gasteiger partial charge in [0.1, 0.15) is 5.02 Å². The third-order valence-corrected chi connectivity index (χ3v) is 6.48. The van der Waals surface area contributed by atoms with Gasteiger partial charge in [0.05, 0.1) is 4.92 Å². The number of amides is 1. The van der Waals surface area contributed by atoms with Crippen LogP contribution in [0.1, 0.15) is 45.4 Å². The monoisotopic (exact) mass is 348 g/mol. The first-order chi connectivity index (χ1) is 11.4. The van der Waals surface area contributed by atoms with Crippen molar-refractivity contribution in [2.45, 2.75) is 51.0 Å². The minimum Gasteiger partial charge on any atom is -0.306 e. The number of halogens is 1. The van der Waals surface area contributed by atoms with Crippen LogP contribution >= 0.6 is 11.6 Å². The van der Waals surface area contributed by atoms with Gasteiger partial charge in [-0.25, -0.2) is 0 Å². The Morgan fingerprint density at radius 1 is 1.21 bits per heavy atom. The zero-order valence-corrected chi connectivity index (χ0v) is 14.5. The number of carbonyl (C=O) groups excluding carboxylic acids is 1. The molecule has 4 bridgehead atoms. The lowest BCUT2D eigenvalue weighted by Gasteiger charge is -2.60. The molecule has 4 aliphatic carbocycles. The minimum absolute atomic E-state index is 0.00173. The second-order valence-electron chi connectivity index (χ2n) is 7.89. The summed E-state index contributed by atoms with van der Waals surface area (Å²) in [5, 5.41) is 11.1. The maximum atomic E-state index is 12.5. The number of nitro benzene ring substituents is 1. The summed E-state index contributed by atoms with van der Waals surface area (Å²) in [4.78, 5) is 24.9. The van der Waals surface area contributed by atoms with Crippen LogP contribution in [0.25, 0.3) is 0 Å². The molecule has 5 rings (SSSR count). The van der Waals surface area contributed by atoms with Gasteiger partial charge in [0.25, 0.3) is 5.69 Å². The average molecular weight is 349 g/mol. The fourth-order valence-electron chi connectivity index (χ4n) is 5.91. The number of nitro groups is 1. The molecule has 0 radical (unpaired) electrons. The molecule has 0 N–H and O–H groups in total. The van der Waals surface area contributed by atoms with Gasteiger partial charge in [0.15, 0.2) is 0 Å². The molecule has 24 heavy (non-hydrogen) atoms. The van der Waals surface area contributed by atoms with Crippen LogP contribution in [0.3, 0.4) is 0 Å². The number of hydrogen-bond donors (Lipinski definition) is 0. The number of rotatable bonds is 3. The van der Waals surface area contributed by atoms with Gasteiger partial charge in [-0.15, -0.1) is 0 Å². The summed E-state index contributed by atoms with van der Waals surface area (Å²) in [6.45, 7) is 1.59. The lowest BCUT2D eigenvalue weighted by Crippen LogP contribution is -2.61. The number of nitrogens with zero attached hydrogens (tertiary/aromatic N) is 2. The molecule has 128 valence electrons. The van der Waals surface area contributed by atoms with E-state index in [9.17, 15) is 14.9 Å². The van der Waals surface area contributed by atoms with Gasteiger partial charge >= 0.3 is 0 Å². The van der Waals surface area contributed by atoms with E-state index < -0.39 is 4.92 Å². The average Bonchev–Trinajstić information content (AvgIpc) is 2.44. The molecule has 1 aromatic rings. The van der Waals surface area contributed by atoms with Gasteiger partial charge in [-0.3, -0.25) is 14.9 Å². The summed E-state index contributed by atoms with van der Waals surface area (Å²) in [6.07, 6.45) is 7.04. The highest BCUT2D eigenvalue weighted by molar-refractivity contribution is 6.33. The highest BCUT2D eigenvalue weighted by atomic mass is 35.5. The standard InChI is InChI=1S/C18H21ClN2O3/c1-11(22)20(15-2-3-17(21(23)24)16(19)7-15)18-8-12-4-13(9-18)6-14(5-12)10-18/h2-3,7,12-14H,4-6,8-10H2,1H3. The number of carbonyl (C=O) groups is 1. The number of benzene rings is 1. The predicted molar refractivity (Wildman–Crippen MR) is 92.2 cm³/mol. The first kappa shape index (κ1) is 15.9. The molecule has 0 heterocycles. The van der Waals surface area contributed by atoms with Crippen LogP contribution in [0.15, 0.2) is 18.2 Å². The Hall–Kier alpha value is -1.62. The second kappa shape index (κ2) is 5.45. The van der Waals surface area contributed by atoms with Crippen molar-refractivity contribution in [2.75, 3.05) is 4.90 Å². The van der Waals surface area contributed by atoms with Crippen molar-refractivity contribution in [3.8, 4) is 0 Å². The molecule has 1 aromatic carbocycles. The molecule has 0 unspecified atom stereocenters. The Morgan fingerprint density at radius 3 is 2.17 bits per heavy atom. The van der Waals surface area contributed by atoms with E-state index in [4.69, 9.17) is 11.6 Å². The van der Waals surface area contributed by atoms with Crippen LogP contribution in [0.2, 0.25) is 5.02 Å². The Kier molecular flexibility index (Phi) is 3.60. The molecular formula is C18H21ClN2O3. The van der Waals surface area contributed by atoms with Crippen LogP contribution in [-0.2, 0) is 4.79 Å². The number of hydrogen-bond acceptors (Lipinski definition) is 3. The third kappa shape index (κ3) is 2.41. The van der Waals surface area contributed by atoms with Crippen molar-refractivity contribution in [1.82, 2.24) is 0 Å². The molecule has 0 saturated heterocycles. The molecule has 0 atom stereocenters. The molecule has 1 amide bonds. The van der Waals surface area contributed by atoms with E-state index >= 15 is 0 Å². The number of anilines is 1. The van der Waals surface area contributed by atoms with E-state index in [0.717, 1.165) is 19.3 Å². The van der Waals surface area contributed by atoms with Gasteiger partial charge in [-0.05, 0) is 68.4 Å². The van der Waals surface area contributed by atoms with Crippen molar-refractivity contribution < 1.29 is 9.72 Å². The van der Waals surface area contributed by atoms with Crippen LogP contribution in [0.4, 0.5) is 11.4 Å². The van der Waals surface area contributed by atoms with E-state index in [-0.39, 0.29) is 22.2 Å². The Balaban J connectivity index is 1.74. The SMILES string of the molecule is CC(=O)N(c1ccc([N+](=O)[O-])c(Cl)c1)C12CC3CC(CC(C3)C1)C2. The largest absolute Gasteiger partial charge is 0.306 e. The predicted octanol–water partition coefficient (Wildman–Crippen LogP) is 4.57. The molecule has 4 fully saturated rings. The lowest BCUT2D eigenvalue weighted by molar-refractivity contribution is -0.384. The molecule has 4 saturated carbocycles. The third-order valence-electron chi connectivity index (χ3n) is 6.18. The Bertz CT molecular complexity index is 683. The Morgan fingerprint density at radius 2 is 1.75 bits per heavy atom. The zero-order valence-electron chi connectivity index (χ0n) is 13.7. The van der Waals surface area contributed by atoms with Crippen molar-refractivity contribution in [3.63, 3.8) is 0 Å². The van der Waals surface area contributed by atoms with Gasteiger partial charge in [-0.1, -0.05) is 11.6 Å². The van der Waals surface area contributed by atoms with Gasteiger partial charge in [-0.2, -0.15) is 0 Å². The van der Waals surface area contributed by atoms with E-state index in [1.54, 1.807) is 19.1 Å². The van der Waals surface area contributed by atoms with Crippen molar-refractivity contribution in [1.29, 1.82) is 0 Å². The maximum Gasteiger partial charge on any atom is 0.288 e. The quantitative estimate of drug-likeness (QED) is 0.593. The molecule has 0 aliphatic heterocycles. The molecule has 6 heteroatoms. The highest BCUT2D eigenvalue weighted by Crippen LogP contribution is 2.58. The highest BCUT2D eigenvalue weighted by Gasteiger charge is 2.54. The summed E-state index contributed by atoms with van der Waals surface area (Å²) in [5.74, 6) is 2.15. The van der Waals surface area contributed by atoms with Crippen LogP contribution in [-0.4, -0.2) is 16.4 Å². The second-order valence-corrected chi connectivity index (χ2v) is 8.30. The first-order valence-electron chi connectivity index (χ1n) is 8.63. The van der Waals surface area contributed by atoms with Gasteiger partial charge < -0.3 is 4.90 Å². The normalized spacial score (nSPS) is 33.5. The molecular weight excluding hydrogens is 328 g/mol. The summed E-state index contributed by atoms with van der Waals surface area (Å²) >= 11 is 6.10. The first-order valence-corrected chi connectivity index (χ1v) is 9.00. The zero-order chi connectivity index (χ0) is 17.1. The molecule has 4 aliphatic rings. The van der Waals surface area contributed by atoms with E-state index in [0.29, 0.717) is 23.4 Å². The van der Waals surface area contributed by atoms with E-state index in [1.165, 1.54) is 25.3 Å². The van der Waals surface area contributed by atoms with Crippen LogP contribution in [0, 0.1) is 27.9 Å². The van der Waals surface area contributed by atoms with Crippen molar-refractivity contribution in [2.24, 2.45) is 17.8 Å². The van der Waals surface area contributed by atoms with Crippen LogP contribution in [0.5, 0.6) is 0 Å². The maximum absolute atomic E-state index is 12.5. The van der Waals surface area contributed by atoms with Gasteiger partial charge in [0, 0.05) is 24.2 Å². The molecule has 0 aromatic heterocycles. The molecule has 5 nitrogen and oxygen atoms in total. The van der Waals surface area contributed by atoms with Crippen LogP contribution < -0.4 is 4.90 Å². The topological polar surface area (TPSA) is 63.5 Å². The minimum atomic E-state index is -0.491. The summed E-state index contributed by atoms with van der Waals surface area (Å²) in [7, 11) is 0. The Labute approximate surface area is 146 Å². The lowest BCUT2D eigenvalue weighted by atomic mass is 9.52. The fourth-order valence-corrected chi connectivity index (χ4v) is 6.16. The fraction of sp³-hybridized carbons (Fsp3) is 0.611. The van der Waals surface area contributed by atoms with Crippen molar-refractivity contribution in [3.05, 3.63) is 33.3 Å². The van der Waals surface area contributed by atoms with E-state index in [2.05, 4.69) is 0 Å².